The molecule has 0 spiro atoms. The van der Waals surface area contributed by atoms with Crippen LogP contribution in [-0.2, 0) is 16.6 Å². The van der Waals surface area contributed by atoms with Gasteiger partial charge in [0.05, 0.1) is 21.3 Å². The molecule has 3 aromatic carbocycles. The van der Waals surface area contributed by atoms with Gasteiger partial charge in [0.1, 0.15) is 10.7 Å². The Kier molecular flexibility index (Phi) is 8.59. The Morgan fingerprint density at radius 3 is 2.39 bits per heavy atom. The minimum atomic E-state index is -4.30. The molecule has 2 aliphatic heterocycles. The van der Waals surface area contributed by atoms with E-state index in [1.807, 2.05) is 18.2 Å². The fourth-order valence-electron chi connectivity index (χ4n) is 4.22. The first kappa shape index (κ1) is 28.3. The Morgan fingerprint density at radius 2 is 1.66 bits per heavy atom. The van der Waals surface area contributed by atoms with Gasteiger partial charge in [-0.3, -0.25) is 14.4 Å². The second-order valence-electron chi connectivity index (χ2n) is 8.60. The van der Waals surface area contributed by atoms with Gasteiger partial charge in [0.25, 0.3) is 15.9 Å². The lowest BCUT2D eigenvalue weighted by Gasteiger charge is -2.35. The van der Waals surface area contributed by atoms with Gasteiger partial charge in [-0.1, -0.05) is 41.4 Å². The maximum Gasteiger partial charge on any atom is 0.263 e. The first-order chi connectivity index (χ1) is 17.7. The monoisotopic (exact) mass is 601 g/mol. The van der Waals surface area contributed by atoms with Crippen molar-refractivity contribution in [3.63, 3.8) is 0 Å². The van der Waals surface area contributed by atoms with Crippen LogP contribution < -0.4 is 14.2 Å². The highest BCUT2D eigenvalue weighted by Crippen LogP contribution is 2.33. The third kappa shape index (κ3) is 5.94. The van der Waals surface area contributed by atoms with Crippen LogP contribution in [0.2, 0.25) is 10.0 Å². The van der Waals surface area contributed by atoms with Gasteiger partial charge in [-0.2, -0.15) is 0 Å². The molecule has 1 N–H and O–H groups in total. The van der Waals surface area contributed by atoms with E-state index in [1.165, 1.54) is 24.3 Å². The highest BCUT2D eigenvalue weighted by Gasteiger charge is 2.28. The Bertz CT molecular complexity index is 1470. The number of amides is 1. The average molecular weight is 603 g/mol. The molecule has 5 rings (SSSR count). The smallest absolute Gasteiger partial charge is 0.263 e. The normalized spacial score (nSPS) is 15.2. The summed E-state index contributed by atoms with van der Waals surface area (Å²) < 4.78 is 52.9. The molecule has 0 bridgehead atoms. The zero-order valence-corrected chi connectivity index (χ0v) is 23.0. The average Bonchev–Trinajstić information content (AvgIpc) is 3.33. The van der Waals surface area contributed by atoms with Gasteiger partial charge < -0.3 is 14.4 Å². The Morgan fingerprint density at radius 1 is 0.947 bits per heavy atom. The Balaban J connectivity index is 0.00000336. The number of piperazine rings is 1. The summed E-state index contributed by atoms with van der Waals surface area (Å²) in [6.45, 7) is 2.99. The summed E-state index contributed by atoms with van der Waals surface area (Å²) in [6.07, 6.45) is 0. The number of hydrogen-bond donors (Lipinski definition) is 1. The molecule has 0 radical (unpaired) electrons. The minimum Gasteiger partial charge on any atom is -0.454 e. The Hall–Kier alpha value is -2.76. The maximum atomic E-state index is 14.0. The topological polar surface area (TPSA) is 88.2 Å². The number of anilines is 1. The van der Waals surface area contributed by atoms with Crippen LogP contribution in [0, 0.1) is 5.82 Å². The number of sulfonamides is 1. The predicted molar refractivity (Wildman–Crippen MR) is 145 cm³/mol. The van der Waals surface area contributed by atoms with E-state index in [9.17, 15) is 17.6 Å². The molecule has 1 fully saturated rings. The van der Waals surface area contributed by atoms with Crippen LogP contribution in [0.25, 0.3) is 0 Å². The third-order valence-electron chi connectivity index (χ3n) is 6.16. The SMILES string of the molecule is Cl.O=C(c1cc(S(=O)(=O)Nc2ccccc2F)c(Cl)cc1Cl)N1CCN(Cc2ccc3c(c2)OCO3)CC1. The second kappa shape index (κ2) is 11.5. The molecule has 3 aromatic rings. The van der Waals surface area contributed by atoms with E-state index in [0.717, 1.165) is 29.2 Å². The first-order valence-corrected chi connectivity index (χ1v) is 13.6. The number of benzene rings is 3. The van der Waals surface area contributed by atoms with Crippen molar-refractivity contribution in [2.24, 2.45) is 0 Å². The third-order valence-corrected chi connectivity index (χ3v) is 8.31. The summed E-state index contributed by atoms with van der Waals surface area (Å²) in [6, 6.07) is 13.5. The van der Waals surface area contributed by atoms with E-state index in [1.54, 1.807) is 4.90 Å². The van der Waals surface area contributed by atoms with Crippen LogP contribution in [0.3, 0.4) is 0 Å². The number of carbonyl (C=O) groups is 1. The van der Waals surface area contributed by atoms with Crippen molar-refractivity contribution in [3.8, 4) is 11.5 Å². The van der Waals surface area contributed by atoms with Crippen molar-refractivity contribution in [1.82, 2.24) is 9.80 Å². The van der Waals surface area contributed by atoms with E-state index in [4.69, 9.17) is 32.7 Å². The molecule has 1 amide bonds. The fraction of sp³-hybridized carbons (Fsp3) is 0.240. The number of para-hydroxylation sites is 1. The van der Waals surface area contributed by atoms with Gasteiger partial charge in [-0.05, 0) is 42.0 Å². The van der Waals surface area contributed by atoms with Crippen molar-refractivity contribution in [2.45, 2.75) is 11.4 Å². The highest BCUT2D eigenvalue weighted by atomic mass is 35.5. The van der Waals surface area contributed by atoms with Gasteiger partial charge in [-0.25, -0.2) is 12.8 Å². The summed E-state index contributed by atoms with van der Waals surface area (Å²) in [5.41, 5.74) is 0.839. The molecule has 13 heteroatoms. The molecule has 0 atom stereocenters. The molecule has 2 heterocycles. The summed E-state index contributed by atoms with van der Waals surface area (Å²) in [5, 5.41) is -0.151. The summed E-state index contributed by atoms with van der Waals surface area (Å²) in [4.78, 5) is 16.7. The number of nitrogens with zero attached hydrogens (tertiary/aromatic N) is 2. The van der Waals surface area contributed by atoms with Crippen LogP contribution in [0.4, 0.5) is 10.1 Å². The number of halogens is 4. The van der Waals surface area contributed by atoms with Crippen LogP contribution in [0.5, 0.6) is 11.5 Å². The van der Waals surface area contributed by atoms with Gasteiger partial charge in [0.2, 0.25) is 6.79 Å². The molecule has 0 unspecified atom stereocenters. The van der Waals surface area contributed by atoms with E-state index in [0.29, 0.717) is 32.7 Å². The molecule has 202 valence electrons. The zero-order valence-electron chi connectivity index (χ0n) is 19.8. The minimum absolute atomic E-state index is 0. The summed E-state index contributed by atoms with van der Waals surface area (Å²) in [5.74, 6) is 0.293. The number of hydrogen-bond acceptors (Lipinski definition) is 6. The van der Waals surface area contributed by atoms with E-state index in [2.05, 4.69) is 9.62 Å². The highest BCUT2D eigenvalue weighted by molar-refractivity contribution is 7.92. The zero-order chi connectivity index (χ0) is 26.2. The van der Waals surface area contributed by atoms with E-state index < -0.39 is 21.7 Å². The summed E-state index contributed by atoms with van der Waals surface area (Å²) in [7, 11) is -4.30. The van der Waals surface area contributed by atoms with Crippen LogP contribution >= 0.6 is 35.6 Å². The predicted octanol–water partition coefficient (Wildman–Crippen LogP) is 5.04. The molecule has 1 saturated heterocycles. The van der Waals surface area contributed by atoms with E-state index in [-0.39, 0.29) is 45.4 Å². The molecule has 8 nitrogen and oxygen atoms in total. The van der Waals surface area contributed by atoms with Crippen LogP contribution in [0.1, 0.15) is 15.9 Å². The van der Waals surface area contributed by atoms with Crippen molar-refractivity contribution in [2.75, 3.05) is 37.7 Å². The largest absolute Gasteiger partial charge is 0.454 e. The standard InChI is InChI=1S/C25H22Cl2FN3O5S.ClH/c26-18-13-19(27)24(37(33,34)29-21-4-2-1-3-20(21)28)12-17(18)25(32)31-9-7-30(8-10-31)14-16-5-6-22-23(11-16)36-15-35-22;/h1-6,11-13,29H,7-10,14-15H2;1H. The van der Waals surface area contributed by atoms with Gasteiger partial charge >= 0.3 is 0 Å². The molecular weight excluding hydrogens is 580 g/mol. The first-order valence-electron chi connectivity index (χ1n) is 11.4. The van der Waals surface area contributed by atoms with E-state index >= 15 is 0 Å². The van der Waals surface area contributed by atoms with Gasteiger partial charge in [-0.15, -0.1) is 12.4 Å². The van der Waals surface area contributed by atoms with Gasteiger partial charge in [0, 0.05) is 32.7 Å². The molecule has 2 aliphatic rings. The molecule has 0 aromatic heterocycles. The lowest BCUT2D eigenvalue weighted by atomic mass is 10.1. The number of fused-ring (bicyclic) bond motifs is 1. The van der Waals surface area contributed by atoms with Crippen molar-refractivity contribution < 1.29 is 27.1 Å². The van der Waals surface area contributed by atoms with Gasteiger partial charge in [0.15, 0.2) is 11.5 Å². The number of rotatable bonds is 6. The van der Waals surface area contributed by atoms with Crippen molar-refractivity contribution in [1.29, 1.82) is 0 Å². The second-order valence-corrected chi connectivity index (χ2v) is 11.1. The molecular formula is C25H23Cl3FN3O5S. The lowest BCUT2D eigenvalue weighted by molar-refractivity contribution is 0.0628. The maximum absolute atomic E-state index is 14.0. The number of ether oxygens (including phenoxy) is 2. The van der Waals surface area contributed by atoms with Crippen molar-refractivity contribution in [3.05, 3.63) is 81.6 Å². The van der Waals surface area contributed by atoms with Crippen molar-refractivity contribution >= 4 is 57.2 Å². The number of nitrogens with one attached hydrogen (secondary N) is 1. The lowest BCUT2D eigenvalue weighted by Crippen LogP contribution is -2.48. The summed E-state index contributed by atoms with van der Waals surface area (Å²) >= 11 is 12.5. The Labute approximate surface area is 235 Å². The quantitative estimate of drug-likeness (QED) is 0.425. The van der Waals surface area contributed by atoms with Crippen LogP contribution in [-0.4, -0.2) is 57.1 Å². The molecule has 0 saturated carbocycles. The van der Waals surface area contributed by atoms with Crippen LogP contribution in [0.15, 0.2) is 59.5 Å². The number of carbonyl (C=O) groups excluding carboxylic acids is 1. The molecule has 0 aliphatic carbocycles. The fourth-order valence-corrected chi connectivity index (χ4v) is 6.14. The molecule has 38 heavy (non-hydrogen) atoms.